The molecule has 41 heavy (non-hydrogen) atoms. The van der Waals surface area contributed by atoms with E-state index in [0.717, 1.165) is 17.0 Å². The van der Waals surface area contributed by atoms with Gasteiger partial charge in [0.1, 0.15) is 5.75 Å². The monoisotopic (exact) mass is 585 g/mol. The number of carbonyl (C=O) groups excluding carboxylic acids is 2. The van der Waals surface area contributed by atoms with Gasteiger partial charge in [-0.05, 0) is 72.3 Å². The molecule has 4 aromatic carbocycles. The van der Waals surface area contributed by atoms with Crippen LogP contribution in [0.25, 0.3) is 0 Å². The van der Waals surface area contributed by atoms with Gasteiger partial charge < -0.3 is 19.4 Å². The van der Waals surface area contributed by atoms with Crippen molar-refractivity contribution in [2.24, 2.45) is 0 Å². The highest BCUT2D eigenvalue weighted by Crippen LogP contribution is 2.36. The van der Waals surface area contributed by atoms with Gasteiger partial charge in [0.05, 0.1) is 45.5 Å². The number of benzene rings is 4. The number of fused-ring (bicyclic) bond motifs is 2. The first-order valence-corrected chi connectivity index (χ1v) is 14.8. The normalized spacial score (nSPS) is 16.6. The Labute approximate surface area is 246 Å². The Morgan fingerprint density at radius 3 is 2.37 bits per heavy atom. The molecule has 0 spiro atoms. The Kier molecular flexibility index (Phi) is 7.51. The molecule has 2 amide bonds. The molecule has 2 aliphatic heterocycles. The fourth-order valence-corrected chi connectivity index (χ4v) is 6.87. The van der Waals surface area contributed by atoms with Gasteiger partial charge in [-0.2, -0.15) is 0 Å². The summed E-state index contributed by atoms with van der Waals surface area (Å²) in [5, 5.41) is 0.562. The van der Waals surface area contributed by atoms with Crippen molar-refractivity contribution in [3.8, 4) is 5.75 Å². The maximum atomic E-state index is 13.9. The lowest BCUT2D eigenvalue weighted by atomic mass is 10.1. The first kappa shape index (κ1) is 27.1. The van der Waals surface area contributed by atoms with Gasteiger partial charge in [0, 0.05) is 42.5 Å². The third-order valence-electron chi connectivity index (χ3n) is 7.49. The van der Waals surface area contributed by atoms with Gasteiger partial charge in [-0.1, -0.05) is 35.9 Å². The van der Waals surface area contributed by atoms with E-state index in [0.29, 0.717) is 57.8 Å². The minimum Gasteiger partial charge on any atom is -0.497 e. The number of amides is 2. The molecule has 208 valence electrons. The van der Waals surface area contributed by atoms with Gasteiger partial charge in [-0.25, -0.2) is 4.21 Å². The standard InChI is InChI=1S/C32H28ClN3O4S/c1-40-26-12-10-25(11-13-26)34-15-17-35(18-16-34)31(37)23-9-14-30-28(20-23)36(21-22-5-4-6-24(33)19-22)32(38)27-7-2-3-8-29(27)41(30)39/h2-14,19-20H,15-18,21H2,1H3/t41-/m0/s1. The number of ether oxygens (including phenoxy) is 1. The summed E-state index contributed by atoms with van der Waals surface area (Å²) in [5.41, 5.74) is 3.21. The molecule has 7 nitrogen and oxygen atoms in total. The zero-order chi connectivity index (χ0) is 28.5. The summed E-state index contributed by atoms with van der Waals surface area (Å²) in [6.07, 6.45) is 0. The van der Waals surface area contributed by atoms with Crippen molar-refractivity contribution in [2.45, 2.75) is 16.3 Å². The lowest BCUT2D eigenvalue weighted by molar-refractivity contribution is 0.0746. The molecule has 1 saturated heterocycles. The van der Waals surface area contributed by atoms with Crippen molar-refractivity contribution >= 4 is 45.6 Å². The number of anilines is 2. The topological polar surface area (TPSA) is 70.2 Å². The van der Waals surface area contributed by atoms with E-state index < -0.39 is 10.8 Å². The van der Waals surface area contributed by atoms with E-state index in [4.69, 9.17) is 16.3 Å². The molecule has 0 aliphatic carbocycles. The Hall–Kier alpha value is -4.14. The van der Waals surface area contributed by atoms with Crippen molar-refractivity contribution in [1.82, 2.24) is 4.90 Å². The van der Waals surface area contributed by atoms with E-state index in [-0.39, 0.29) is 18.4 Å². The molecule has 1 fully saturated rings. The number of hydrogen-bond donors (Lipinski definition) is 0. The molecule has 1 atom stereocenters. The summed E-state index contributed by atoms with van der Waals surface area (Å²) in [5.74, 6) is 0.410. The van der Waals surface area contributed by atoms with Gasteiger partial charge >= 0.3 is 0 Å². The summed E-state index contributed by atoms with van der Waals surface area (Å²) >= 11 is 6.24. The number of nitrogens with zero attached hydrogens (tertiary/aromatic N) is 3. The first-order chi connectivity index (χ1) is 19.9. The summed E-state index contributed by atoms with van der Waals surface area (Å²) in [6, 6.07) is 27.3. The Bertz CT molecular complexity index is 1650. The van der Waals surface area contributed by atoms with Crippen LogP contribution in [0.3, 0.4) is 0 Å². The Morgan fingerprint density at radius 1 is 0.878 bits per heavy atom. The van der Waals surface area contributed by atoms with Gasteiger partial charge in [-0.3, -0.25) is 9.59 Å². The van der Waals surface area contributed by atoms with Crippen LogP contribution in [0.5, 0.6) is 5.75 Å². The summed E-state index contributed by atoms with van der Waals surface area (Å²) in [7, 11) is 0.0486. The number of piperazine rings is 1. The van der Waals surface area contributed by atoms with Crippen LogP contribution in [0.15, 0.2) is 101 Å². The van der Waals surface area contributed by atoms with E-state index in [1.165, 1.54) is 0 Å². The predicted molar refractivity (Wildman–Crippen MR) is 161 cm³/mol. The molecular weight excluding hydrogens is 558 g/mol. The van der Waals surface area contributed by atoms with Gasteiger partial charge in [0.2, 0.25) is 0 Å². The number of halogens is 1. The van der Waals surface area contributed by atoms with Crippen LogP contribution in [0.2, 0.25) is 5.02 Å². The molecule has 0 N–H and O–H groups in total. The maximum absolute atomic E-state index is 13.9. The molecule has 0 aromatic heterocycles. The second-order valence-electron chi connectivity index (χ2n) is 9.95. The lowest BCUT2D eigenvalue weighted by Crippen LogP contribution is -2.48. The molecule has 0 unspecified atom stereocenters. The van der Waals surface area contributed by atoms with Gasteiger partial charge in [0.15, 0.2) is 0 Å². The van der Waals surface area contributed by atoms with Crippen molar-refractivity contribution < 1.29 is 18.5 Å². The Morgan fingerprint density at radius 2 is 1.63 bits per heavy atom. The van der Waals surface area contributed by atoms with E-state index in [2.05, 4.69) is 4.90 Å². The number of methoxy groups -OCH3 is 1. The third kappa shape index (κ3) is 5.33. The fraction of sp³-hybridized carbons (Fsp3) is 0.188. The van der Waals surface area contributed by atoms with E-state index in [1.807, 2.05) is 41.3 Å². The quantitative estimate of drug-likeness (QED) is 0.303. The molecular formula is C32H28ClN3O4S. The predicted octanol–water partition coefficient (Wildman–Crippen LogP) is 5.64. The Balaban J connectivity index is 1.29. The van der Waals surface area contributed by atoms with Crippen LogP contribution in [0, 0.1) is 0 Å². The molecule has 0 bridgehead atoms. The summed E-state index contributed by atoms with van der Waals surface area (Å²) in [4.78, 5) is 34.2. The third-order valence-corrected chi connectivity index (χ3v) is 9.23. The van der Waals surface area contributed by atoms with Gasteiger partial charge in [-0.15, -0.1) is 0 Å². The second kappa shape index (κ2) is 11.4. The van der Waals surface area contributed by atoms with E-state index in [9.17, 15) is 13.8 Å². The van der Waals surface area contributed by atoms with Crippen molar-refractivity contribution in [3.05, 3.63) is 113 Å². The molecule has 9 heteroatoms. The van der Waals surface area contributed by atoms with Crippen LogP contribution < -0.4 is 14.5 Å². The molecule has 4 aromatic rings. The SMILES string of the molecule is COc1ccc(N2CCN(C(=O)c3ccc4c(c3)N(Cc3cccc(Cl)c3)C(=O)c3ccccc3[S@@]4=O)CC2)cc1. The van der Waals surface area contributed by atoms with Crippen LogP contribution in [-0.4, -0.2) is 54.2 Å². The number of hydrogen-bond acceptors (Lipinski definition) is 5. The highest BCUT2D eigenvalue weighted by molar-refractivity contribution is 7.85. The van der Waals surface area contributed by atoms with Crippen LogP contribution >= 0.6 is 11.6 Å². The second-order valence-corrected chi connectivity index (χ2v) is 11.8. The van der Waals surface area contributed by atoms with Crippen molar-refractivity contribution in [1.29, 1.82) is 0 Å². The molecule has 0 radical (unpaired) electrons. The molecule has 2 heterocycles. The molecule has 6 rings (SSSR count). The minimum atomic E-state index is -1.60. The van der Waals surface area contributed by atoms with Crippen LogP contribution in [0.1, 0.15) is 26.3 Å². The maximum Gasteiger partial charge on any atom is 0.259 e. The van der Waals surface area contributed by atoms with E-state index >= 15 is 0 Å². The number of rotatable bonds is 5. The largest absolute Gasteiger partial charge is 0.497 e. The first-order valence-electron chi connectivity index (χ1n) is 13.3. The fourth-order valence-electron chi connectivity index (χ4n) is 5.31. The highest BCUT2D eigenvalue weighted by Gasteiger charge is 2.32. The lowest BCUT2D eigenvalue weighted by Gasteiger charge is -2.36. The molecule has 0 saturated carbocycles. The minimum absolute atomic E-state index is 0.120. The number of carbonyl (C=O) groups is 2. The van der Waals surface area contributed by atoms with Crippen LogP contribution in [0.4, 0.5) is 11.4 Å². The average Bonchev–Trinajstić information content (AvgIpc) is 3.10. The van der Waals surface area contributed by atoms with Crippen molar-refractivity contribution in [3.63, 3.8) is 0 Å². The average molecular weight is 586 g/mol. The highest BCUT2D eigenvalue weighted by atomic mass is 35.5. The smallest absolute Gasteiger partial charge is 0.259 e. The molecule has 2 aliphatic rings. The van der Waals surface area contributed by atoms with Crippen LogP contribution in [-0.2, 0) is 17.3 Å². The summed E-state index contributed by atoms with van der Waals surface area (Å²) < 4.78 is 19.0. The van der Waals surface area contributed by atoms with Crippen molar-refractivity contribution in [2.75, 3.05) is 43.1 Å². The zero-order valence-corrected chi connectivity index (χ0v) is 24.0. The zero-order valence-electron chi connectivity index (χ0n) is 22.5. The summed E-state index contributed by atoms with van der Waals surface area (Å²) in [6.45, 7) is 2.73. The van der Waals surface area contributed by atoms with Gasteiger partial charge in [0.25, 0.3) is 11.8 Å². The van der Waals surface area contributed by atoms with E-state index in [1.54, 1.807) is 66.6 Å².